The van der Waals surface area contributed by atoms with Crippen molar-refractivity contribution < 1.29 is 13.2 Å². The molecule has 8 heteroatoms. The highest BCUT2D eigenvalue weighted by Gasteiger charge is 2.37. The minimum absolute atomic E-state index is 0.0455. The fourth-order valence-electron chi connectivity index (χ4n) is 3.48. The van der Waals surface area contributed by atoms with Crippen molar-refractivity contribution in [2.24, 2.45) is 5.41 Å². The Labute approximate surface area is 159 Å². The van der Waals surface area contributed by atoms with E-state index in [-0.39, 0.29) is 16.9 Å². The summed E-state index contributed by atoms with van der Waals surface area (Å²) < 4.78 is 30.0. The zero-order valence-corrected chi connectivity index (χ0v) is 16.2. The lowest BCUT2D eigenvalue weighted by Gasteiger charge is -2.37. The minimum atomic E-state index is -3.17. The number of fused-ring (bicyclic) bond motifs is 1. The Balaban J connectivity index is 1.40. The quantitative estimate of drug-likeness (QED) is 0.780. The van der Waals surface area contributed by atoms with Crippen molar-refractivity contribution in [3.05, 3.63) is 47.3 Å². The summed E-state index contributed by atoms with van der Waals surface area (Å²) in [7, 11) is -3.17. The van der Waals surface area contributed by atoms with E-state index in [1.54, 1.807) is 0 Å². The first-order valence-electron chi connectivity index (χ1n) is 9.11. The lowest BCUT2D eigenvalue weighted by Crippen LogP contribution is -2.45. The van der Waals surface area contributed by atoms with Gasteiger partial charge in [-0.3, -0.25) is 0 Å². The second-order valence-corrected chi connectivity index (χ2v) is 9.81. The summed E-state index contributed by atoms with van der Waals surface area (Å²) >= 11 is 0. The molecule has 27 heavy (non-hydrogen) atoms. The van der Waals surface area contributed by atoms with E-state index in [9.17, 15) is 8.42 Å². The molecule has 2 N–H and O–H groups in total. The Bertz CT molecular complexity index is 924. The van der Waals surface area contributed by atoms with Gasteiger partial charge in [0.15, 0.2) is 9.84 Å². The molecular weight excluding hydrogens is 364 g/mol. The number of nitrogens with zero attached hydrogens (tertiary/aromatic N) is 2. The number of sulfone groups is 1. The fourth-order valence-corrected chi connectivity index (χ4v) is 5.51. The molecule has 2 aliphatic heterocycles. The minimum Gasteiger partial charge on any atom is -0.380 e. The summed E-state index contributed by atoms with van der Waals surface area (Å²) in [4.78, 5) is 8.92. The Kier molecular flexibility index (Phi) is 4.88. The van der Waals surface area contributed by atoms with Gasteiger partial charge in [0, 0.05) is 23.8 Å². The maximum absolute atomic E-state index is 12.4. The summed E-state index contributed by atoms with van der Waals surface area (Å²) in [6.45, 7) is 4.71. The number of rotatable bonds is 6. The summed E-state index contributed by atoms with van der Waals surface area (Å²) in [6.07, 6.45) is 2.82. The van der Waals surface area contributed by atoms with Crippen LogP contribution in [-0.2, 0) is 33.3 Å². The van der Waals surface area contributed by atoms with Crippen LogP contribution in [0.4, 0.5) is 11.6 Å². The lowest BCUT2D eigenvalue weighted by atomic mass is 9.92. The van der Waals surface area contributed by atoms with Crippen LogP contribution in [-0.4, -0.2) is 43.9 Å². The van der Waals surface area contributed by atoms with Crippen molar-refractivity contribution >= 4 is 21.5 Å². The molecule has 1 aromatic heterocycles. The van der Waals surface area contributed by atoms with Crippen LogP contribution in [0.3, 0.4) is 0 Å². The first-order chi connectivity index (χ1) is 12.9. The molecule has 0 bridgehead atoms. The molecule has 0 unspecified atom stereocenters. The van der Waals surface area contributed by atoms with E-state index in [1.807, 2.05) is 37.4 Å². The van der Waals surface area contributed by atoms with Gasteiger partial charge in [-0.2, -0.15) is 0 Å². The highest BCUT2D eigenvalue weighted by atomic mass is 32.2. The zero-order chi connectivity index (χ0) is 18.9. The molecule has 7 nitrogen and oxygen atoms in total. The molecular formula is C19H24N4O3S. The maximum atomic E-state index is 12.4. The number of anilines is 2. The van der Waals surface area contributed by atoms with Gasteiger partial charge >= 0.3 is 0 Å². The average molecular weight is 388 g/mol. The van der Waals surface area contributed by atoms with Crippen molar-refractivity contribution in [2.45, 2.75) is 25.6 Å². The van der Waals surface area contributed by atoms with Gasteiger partial charge in [-0.05, 0) is 36.2 Å². The standard InChI is InChI=1S/C19H24N4O3S/c1-19(11-26-12-19)13-27(24,25)10-14-2-4-16(5-3-14)22-18-21-8-15-6-7-20-9-17(15)23-18/h2-5,8,20H,6-7,9-13H2,1H3,(H,21,22,23). The number of benzene rings is 1. The second-order valence-electron chi connectivity index (χ2n) is 7.75. The highest BCUT2D eigenvalue weighted by Crippen LogP contribution is 2.29. The van der Waals surface area contributed by atoms with Crippen molar-refractivity contribution in [3.63, 3.8) is 0 Å². The van der Waals surface area contributed by atoms with Crippen molar-refractivity contribution in [2.75, 3.05) is 30.8 Å². The van der Waals surface area contributed by atoms with Crippen LogP contribution in [0.25, 0.3) is 0 Å². The molecule has 3 heterocycles. The van der Waals surface area contributed by atoms with Gasteiger partial charge in [0.25, 0.3) is 0 Å². The van der Waals surface area contributed by atoms with Crippen LogP contribution in [0.2, 0.25) is 0 Å². The third-order valence-electron chi connectivity index (χ3n) is 4.88. The van der Waals surface area contributed by atoms with E-state index in [1.165, 1.54) is 5.56 Å². The van der Waals surface area contributed by atoms with E-state index in [0.29, 0.717) is 19.2 Å². The molecule has 4 rings (SSSR count). The summed E-state index contributed by atoms with van der Waals surface area (Å²) in [6, 6.07) is 7.39. The third kappa shape index (κ3) is 4.45. The van der Waals surface area contributed by atoms with Crippen molar-refractivity contribution in [3.8, 4) is 0 Å². The summed E-state index contributed by atoms with van der Waals surface area (Å²) in [5.41, 5.74) is 3.58. The molecule has 2 aliphatic rings. The van der Waals surface area contributed by atoms with E-state index in [2.05, 4.69) is 20.6 Å². The molecule has 0 amide bonds. The number of nitrogens with one attached hydrogen (secondary N) is 2. The highest BCUT2D eigenvalue weighted by molar-refractivity contribution is 7.90. The molecule has 1 aromatic carbocycles. The normalized spacial score (nSPS) is 18.4. The molecule has 0 aliphatic carbocycles. The predicted octanol–water partition coefficient (Wildman–Crippen LogP) is 1.82. The largest absolute Gasteiger partial charge is 0.380 e. The van der Waals surface area contributed by atoms with Crippen LogP contribution < -0.4 is 10.6 Å². The van der Waals surface area contributed by atoms with Crippen LogP contribution in [0, 0.1) is 5.41 Å². The number of hydrogen-bond acceptors (Lipinski definition) is 7. The monoisotopic (exact) mass is 388 g/mol. The van der Waals surface area contributed by atoms with Crippen LogP contribution in [0.15, 0.2) is 30.5 Å². The number of ether oxygens (including phenoxy) is 1. The van der Waals surface area contributed by atoms with Gasteiger partial charge in [0.2, 0.25) is 5.95 Å². The molecule has 1 saturated heterocycles. The lowest BCUT2D eigenvalue weighted by molar-refractivity contribution is -0.0870. The van der Waals surface area contributed by atoms with E-state index < -0.39 is 9.84 Å². The predicted molar refractivity (Wildman–Crippen MR) is 104 cm³/mol. The molecule has 2 aromatic rings. The summed E-state index contributed by atoms with van der Waals surface area (Å²) in [5, 5.41) is 6.49. The number of aromatic nitrogens is 2. The zero-order valence-electron chi connectivity index (χ0n) is 15.4. The Morgan fingerprint density at radius 3 is 2.74 bits per heavy atom. The molecule has 0 atom stereocenters. The molecule has 1 fully saturated rings. The first-order valence-corrected chi connectivity index (χ1v) is 10.9. The Hall–Kier alpha value is -2.03. The van der Waals surface area contributed by atoms with Crippen LogP contribution in [0.5, 0.6) is 0 Å². The van der Waals surface area contributed by atoms with Gasteiger partial charge in [-0.15, -0.1) is 0 Å². The van der Waals surface area contributed by atoms with Gasteiger partial charge in [0.05, 0.1) is 30.4 Å². The average Bonchev–Trinajstić information content (AvgIpc) is 2.61. The van der Waals surface area contributed by atoms with Crippen molar-refractivity contribution in [1.29, 1.82) is 0 Å². The molecule has 0 radical (unpaired) electrons. The maximum Gasteiger partial charge on any atom is 0.227 e. The summed E-state index contributed by atoms with van der Waals surface area (Å²) in [5.74, 6) is 0.761. The van der Waals surface area contributed by atoms with E-state index in [4.69, 9.17) is 4.74 Å². The topological polar surface area (TPSA) is 93.2 Å². The van der Waals surface area contributed by atoms with Gasteiger partial charge in [0.1, 0.15) is 0 Å². The fraction of sp³-hybridized carbons (Fsp3) is 0.474. The molecule has 0 spiro atoms. The SMILES string of the molecule is CC1(CS(=O)(=O)Cc2ccc(Nc3ncc4c(n3)CNCC4)cc2)COC1. The third-order valence-corrected chi connectivity index (χ3v) is 6.79. The molecule has 144 valence electrons. The van der Waals surface area contributed by atoms with Gasteiger partial charge < -0.3 is 15.4 Å². The first kappa shape index (κ1) is 18.3. The second kappa shape index (κ2) is 7.18. The smallest absolute Gasteiger partial charge is 0.227 e. The Morgan fingerprint density at radius 2 is 2.04 bits per heavy atom. The van der Waals surface area contributed by atoms with Gasteiger partial charge in [-0.25, -0.2) is 18.4 Å². The Morgan fingerprint density at radius 1 is 1.26 bits per heavy atom. The van der Waals surface area contributed by atoms with Crippen LogP contribution in [0.1, 0.15) is 23.7 Å². The molecule has 0 saturated carbocycles. The van der Waals surface area contributed by atoms with Crippen LogP contribution >= 0.6 is 0 Å². The van der Waals surface area contributed by atoms with E-state index >= 15 is 0 Å². The van der Waals surface area contributed by atoms with E-state index in [0.717, 1.165) is 36.5 Å². The number of hydrogen-bond donors (Lipinski definition) is 2. The van der Waals surface area contributed by atoms with Gasteiger partial charge in [-0.1, -0.05) is 19.1 Å². The van der Waals surface area contributed by atoms with Crippen molar-refractivity contribution in [1.82, 2.24) is 15.3 Å².